The Balaban J connectivity index is 1.75. The number of aromatic nitrogens is 1. The number of carbonyl (C=O) groups excluding carboxylic acids is 3. The maximum absolute atomic E-state index is 14.1. The van der Waals surface area contributed by atoms with Gasteiger partial charge in [-0.25, -0.2) is 4.39 Å². The molecule has 2 heterocycles. The van der Waals surface area contributed by atoms with Crippen LogP contribution in [0.3, 0.4) is 0 Å². The van der Waals surface area contributed by atoms with Gasteiger partial charge in [0, 0.05) is 40.3 Å². The number of carbonyl (C=O) groups is 3. The highest BCUT2D eigenvalue weighted by atomic mass is 35.5. The molecule has 0 bridgehead atoms. The Morgan fingerprint density at radius 3 is 2.57 bits per heavy atom. The minimum absolute atomic E-state index is 0.115. The maximum atomic E-state index is 14.1. The lowest BCUT2D eigenvalue weighted by Crippen LogP contribution is -2.40. The summed E-state index contributed by atoms with van der Waals surface area (Å²) in [6.45, 7) is 3.35. The molecule has 3 amide bonds. The standard InChI is InChI=1S/C21H20Cl2FN3O3/c1-21(2,13-5-6-25-10-16(13)24)20(30)26-9-11-7-14(22)18(15(23)8-11)12-3-4-17(28)27-19(12)29/h5-8,10,12H,3-4,9H2,1-2H3,(H,26,30)(H,27,28,29). The molecule has 2 N–H and O–H groups in total. The number of halogens is 3. The molecule has 0 aliphatic carbocycles. The van der Waals surface area contributed by atoms with E-state index in [9.17, 15) is 18.8 Å². The van der Waals surface area contributed by atoms with Gasteiger partial charge in [0.2, 0.25) is 17.7 Å². The Kier molecular flexibility index (Phi) is 6.43. The number of amides is 3. The van der Waals surface area contributed by atoms with Crippen molar-refractivity contribution in [1.82, 2.24) is 15.6 Å². The lowest BCUT2D eigenvalue weighted by molar-refractivity contribution is -0.134. The van der Waals surface area contributed by atoms with Gasteiger partial charge in [0.1, 0.15) is 5.82 Å². The predicted octanol–water partition coefficient (Wildman–Crippen LogP) is 3.64. The molecule has 1 atom stereocenters. The smallest absolute Gasteiger partial charge is 0.234 e. The van der Waals surface area contributed by atoms with Crippen LogP contribution in [-0.2, 0) is 26.3 Å². The van der Waals surface area contributed by atoms with Crippen molar-refractivity contribution in [2.45, 2.75) is 44.6 Å². The summed E-state index contributed by atoms with van der Waals surface area (Å²) in [6.07, 6.45) is 3.03. The molecule has 158 valence electrons. The van der Waals surface area contributed by atoms with Gasteiger partial charge < -0.3 is 5.32 Å². The van der Waals surface area contributed by atoms with Crippen molar-refractivity contribution in [2.75, 3.05) is 0 Å². The zero-order chi connectivity index (χ0) is 22.1. The van der Waals surface area contributed by atoms with E-state index in [-0.39, 0.29) is 40.4 Å². The van der Waals surface area contributed by atoms with Gasteiger partial charge in [-0.15, -0.1) is 0 Å². The molecule has 1 aliphatic rings. The summed E-state index contributed by atoms with van der Waals surface area (Å²) < 4.78 is 14.1. The fourth-order valence-corrected chi connectivity index (χ4v) is 4.24. The van der Waals surface area contributed by atoms with Gasteiger partial charge in [0.05, 0.1) is 17.5 Å². The third-order valence-electron chi connectivity index (χ3n) is 5.19. The summed E-state index contributed by atoms with van der Waals surface area (Å²) in [7, 11) is 0. The summed E-state index contributed by atoms with van der Waals surface area (Å²) in [5.74, 6) is -2.31. The first-order chi connectivity index (χ1) is 14.1. The van der Waals surface area contributed by atoms with E-state index in [1.165, 1.54) is 12.3 Å². The van der Waals surface area contributed by atoms with Crippen molar-refractivity contribution >= 4 is 40.9 Å². The van der Waals surface area contributed by atoms with Crippen LogP contribution < -0.4 is 10.6 Å². The van der Waals surface area contributed by atoms with E-state index in [0.29, 0.717) is 17.5 Å². The van der Waals surface area contributed by atoms with Gasteiger partial charge in [-0.3, -0.25) is 24.7 Å². The van der Waals surface area contributed by atoms with Crippen molar-refractivity contribution in [3.05, 3.63) is 63.1 Å². The number of hydrogen-bond donors (Lipinski definition) is 2. The van der Waals surface area contributed by atoms with Crippen molar-refractivity contribution in [3.8, 4) is 0 Å². The largest absolute Gasteiger partial charge is 0.351 e. The van der Waals surface area contributed by atoms with Gasteiger partial charge in [0.25, 0.3) is 0 Å². The lowest BCUT2D eigenvalue weighted by Gasteiger charge is -2.25. The molecule has 1 aliphatic heterocycles. The Bertz CT molecular complexity index is 1000. The van der Waals surface area contributed by atoms with Crippen molar-refractivity contribution < 1.29 is 18.8 Å². The fourth-order valence-electron chi connectivity index (χ4n) is 3.45. The van der Waals surface area contributed by atoms with Crippen LogP contribution >= 0.6 is 23.2 Å². The molecule has 9 heteroatoms. The lowest BCUT2D eigenvalue weighted by atomic mass is 9.84. The number of piperidine rings is 1. The molecule has 0 spiro atoms. The van der Waals surface area contributed by atoms with E-state index in [1.807, 2.05) is 0 Å². The van der Waals surface area contributed by atoms with Gasteiger partial charge in [-0.2, -0.15) is 0 Å². The molecule has 30 heavy (non-hydrogen) atoms. The van der Waals surface area contributed by atoms with Crippen molar-refractivity contribution in [2.24, 2.45) is 0 Å². The molecule has 3 rings (SSSR count). The second-order valence-electron chi connectivity index (χ2n) is 7.64. The van der Waals surface area contributed by atoms with Crippen LogP contribution in [0.25, 0.3) is 0 Å². The topological polar surface area (TPSA) is 88.2 Å². The van der Waals surface area contributed by atoms with Crippen molar-refractivity contribution in [1.29, 1.82) is 0 Å². The zero-order valence-electron chi connectivity index (χ0n) is 16.4. The number of benzene rings is 1. The van der Waals surface area contributed by atoms with Crippen LogP contribution in [0.2, 0.25) is 10.0 Å². The van der Waals surface area contributed by atoms with E-state index < -0.39 is 23.1 Å². The molecule has 2 aromatic rings. The Morgan fingerprint density at radius 1 is 1.30 bits per heavy atom. The number of nitrogens with zero attached hydrogens (tertiary/aromatic N) is 1. The molecular weight excluding hydrogens is 432 g/mol. The molecule has 1 saturated heterocycles. The molecule has 6 nitrogen and oxygen atoms in total. The van der Waals surface area contributed by atoms with Gasteiger partial charge in [0.15, 0.2) is 0 Å². The quantitative estimate of drug-likeness (QED) is 0.679. The highest BCUT2D eigenvalue weighted by molar-refractivity contribution is 6.36. The summed E-state index contributed by atoms with van der Waals surface area (Å²) in [5, 5.41) is 5.61. The summed E-state index contributed by atoms with van der Waals surface area (Å²) in [6, 6.07) is 4.71. The third-order valence-corrected chi connectivity index (χ3v) is 5.82. The predicted molar refractivity (Wildman–Crippen MR) is 111 cm³/mol. The average molecular weight is 452 g/mol. The van der Waals surface area contributed by atoms with Gasteiger partial charge in [-0.1, -0.05) is 23.2 Å². The Hall–Kier alpha value is -2.51. The van der Waals surface area contributed by atoms with Crippen LogP contribution in [0.4, 0.5) is 4.39 Å². The van der Waals surface area contributed by atoms with E-state index >= 15 is 0 Å². The van der Waals surface area contributed by atoms with Crippen LogP contribution in [0.5, 0.6) is 0 Å². The summed E-state index contributed by atoms with van der Waals surface area (Å²) in [4.78, 5) is 39.9. The second-order valence-corrected chi connectivity index (χ2v) is 8.45. The van der Waals surface area contributed by atoms with E-state index in [4.69, 9.17) is 23.2 Å². The fraction of sp³-hybridized carbons (Fsp3) is 0.333. The van der Waals surface area contributed by atoms with Crippen molar-refractivity contribution in [3.63, 3.8) is 0 Å². The number of rotatable bonds is 5. The Labute approximate surface area is 183 Å². The molecule has 1 aromatic carbocycles. The minimum Gasteiger partial charge on any atom is -0.351 e. The highest BCUT2D eigenvalue weighted by Crippen LogP contribution is 2.37. The monoisotopic (exact) mass is 451 g/mol. The average Bonchev–Trinajstić information content (AvgIpc) is 2.67. The molecule has 1 aromatic heterocycles. The first-order valence-corrected chi connectivity index (χ1v) is 10.1. The zero-order valence-corrected chi connectivity index (χ0v) is 17.9. The summed E-state index contributed by atoms with van der Waals surface area (Å²) in [5.41, 5.74) is 0.199. The second kappa shape index (κ2) is 8.70. The van der Waals surface area contributed by atoms with Crippen LogP contribution in [0.1, 0.15) is 49.3 Å². The van der Waals surface area contributed by atoms with Crippen LogP contribution in [-0.4, -0.2) is 22.7 Å². The number of pyridine rings is 1. The van der Waals surface area contributed by atoms with Crippen LogP contribution in [0.15, 0.2) is 30.6 Å². The minimum atomic E-state index is -1.12. The van der Waals surface area contributed by atoms with E-state index in [2.05, 4.69) is 15.6 Å². The number of hydrogen-bond acceptors (Lipinski definition) is 4. The first-order valence-electron chi connectivity index (χ1n) is 9.31. The third kappa shape index (κ3) is 4.47. The highest BCUT2D eigenvalue weighted by Gasteiger charge is 2.33. The SMILES string of the molecule is CC(C)(C(=O)NCc1cc(Cl)c(C2CCC(=O)NC2=O)c(Cl)c1)c1ccncc1F. The van der Waals surface area contributed by atoms with Gasteiger partial charge in [-0.05, 0) is 44.0 Å². The molecule has 0 saturated carbocycles. The number of nitrogens with one attached hydrogen (secondary N) is 2. The van der Waals surface area contributed by atoms with Crippen LogP contribution in [0, 0.1) is 5.82 Å². The first kappa shape index (κ1) is 22.2. The molecule has 0 radical (unpaired) electrons. The van der Waals surface area contributed by atoms with E-state index in [0.717, 1.165) is 6.20 Å². The molecule has 1 unspecified atom stereocenters. The summed E-state index contributed by atoms with van der Waals surface area (Å²) >= 11 is 12.7. The molecule has 1 fully saturated rings. The normalized spacial score (nSPS) is 16.9. The maximum Gasteiger partial charge on any atom is 0.234 e. The Morgan fingerprint density at radius 2 is 1.97 bits per heavy atom. The van der Waals surface area contributed by atoms with Gasteiger partial charge >= 0.3 is 0 Å². The van der Waals surface area contributed by atoms with E-state index in [1.54, 1.807) is 26.0 Å². The number of imide groups is 1. The molecular formula is C21H20Cl2FN3O3.